The first-order valence-corrected chi connectivity index (χ1v) is 12.7. The molecule has 0 aliphatic carbocycles. The van der Waals surface area contributed by atoms with Gasteiger partial charge in [0.05, 0.1) is 17.3 Å². The third-order valence-electron chi connectivity index (χ3n) is 6.52. The standard InChI is InChI=1S/C29H20BrClN4O/c30-27-25(20-16-18-22(31)19-17-20)29(35(33-27)24-14-8-3-9-15-24)26(21-10-4-1-5-11-21)32-34(28(29)36)23-12-6-2-7-13-23/h1-19,25H. The lowest BCUT2D eigenvalue weighted by Crippen LogP contribution is -2.60. The van der Waals surface area contributed by atoms with Gasteiger partial charge in [0.25, 0.3) is 5.91 Å². The van der Waals surface area contributed by atoms with Crippen molar-refractivity contribution in [2.24, 2.45) is 10.2 Å². The topological polar surface area (TPSA) is 48.3 Å². The molecule has 176 valence electrons. The molecule has 7 heteroatoms. The molecule has 4 aromatic carbocycles. The number of carbonyl (C=O) groups excluding carboxylic acids is 1. The Hall–Kier alpha value is -3.74. The Morgan fingerprint density at radius 2 is 1.28 bits per heavy atom. The van der Waals surface area contributed by atoms with Crippen LogP contribution in [0.2, 0.25) is 5.02 Å². The maximum atomic E-state index is 14.7. The second-order valence-electron chi connectivity index (χ2n) is 8.59. The number of halogens is 2. The number of para-hydroxylation sites is 2. The van der Waals surface area contributed by atoms with Crippen LogP contribution in [-0.4, -0.2) is 21.8 Å². The predicted octanol–water partition coefficient (Wildman–Crippen LogP) is 6.84. The first-order valence-electron chi connectivity index (χ1n) is 11.5. The van der Waals surface area contributed by atoms with E-state index in [0.29, 0.717) is 21.0 Å². The number of nitrogens with zero attached hydrogens (tertiary/aromatic N) is 4. The van der Waals surface area contributed by atoms with Crippen LogP contribution in [0.1, 0.15) is 17.0 Å². The maximum absolute atomic E-state index is 14.7. The first-order chi connectivity index (χ1) is 17.6. The minimum Gasteiger partial charge on any atom is -0.269 e. The van der Waals surface area contributed by atoms with Gasteiger partial charge in [0, 0.05) is 10.6 Å². The van der Waals surface area contributed by atoms with Gasteiger partial charge in [0.2, 0.25) is 5.54 Å². The van der Waals surface area contributed by atoms with E-state index >= 15 is 0 Å². The van der Waals surface area contributed by atoms with Gasteiger partial charge in [0.1, 0.15) is 10.3 Å². The van der Waals surface area contributed by atoms with E-state index in [9.17, 15) is 4.79 Å². The number of benzene rings is 4. The van der Waals surface area contributed by atoms with Crippen molar-refractivity contribution in [3.63, 3.8) is 0 Å². The lowest BCUT2D eigenvalue weighted by atomic mass is 9.74. The van der Waals surface area contributed by atoms with Gasteiger partial charge in [-0.2, -0.15) is 15.2 Å². The molecule has 0 N–H and O–H groups in total. The largest absolute Gasteiger partial charge is 0.282 e. The predicted molar refractivity (Wildman–Crippen MR) is 149 cm³/mol. The number of hydrogen-bond acceptors (Lipinski definition) is 4. The monoisotopic (exact) mass is 554 g/mol. The Morgan fingerprint density at radius 1 is 0.722 bits per heavy atom. The van der Waals surface area contributed by atoms with Crippen LogP contribution in [0.4, 0.5) is 11.4 Å². The highest BCUT2D eigenvalue weighted by molar-refractivity contribution is 9.18. The molecule has 4 aromatic rings. The highest BCUT2D eigenvalue weighted by atomic mass is 79.9. The van der Waals surface area contributed by atoms with Crippen LogP contribution in [0.3, 0.4) is 0 Å². The lowest BCUT2D eigenvalue weighted by Gasteiger charge is -2.38. The number of anilines is 2. The molecule has 36 heavy (non-hydrogen) atoms. The van der Waals surface area contributed by atoms with Crippen molar-refractivity contribution in [2.45, 2.75) is 11.5 Å². The molecule has 2 aliphatic heterocycles. The zero-order valence-electron chi connectivity index (χ0n) is 19.0. The molecule has 2 atom stereocenters. The van der Waals surface area contributed by atoms with Crippen LogP contribution in [0.25, 0.3) is 0 Å². The molecule has 2 aliphatic rings. The second-order valence-corrected chi connectivity index (χ2v) is 9.84. The lowest BCUT2D eigenvalue weighted by molar-refractivity contribution is -0.120. The molecule has 1 amide bonds. The van der Waals surface area contributed by atoms with Gasteiger partial charge in [-0.25, -0.2) is 5.01 Å². The van der Waals surface area contributed by atoms with E-state index < -0.39 is 11.5 Å². The van der Waals surface area contributed by atoms with Crippen molar-refractivity contribution in [3.05, 3.63) is 131 Å². The maximum Gasteiger partial charge on any atom is 0.282 e. The van der Waals surface area contributed by atoms with Crippen LogP contribution in [0, 0.1) is 0 Å². The van der Waals surface area contributed by atoms with Crippen molar-refractivity contribution in [1.29, 1.82) is 0 Å². The van der Waals surface area contributed by atoms with Crippen molar-refractivity contribution in [3.8, 4) is 0 Å². The summed E-state index contributed by atoms with van der Waals surface area (Å²) in [5.41, 5.74) is 2.59. The Bertz CT molecular complexity index is 1480. The summed E-state index contributed by atoms with van der Waals surface area (Å²) in [5, 5.41) is 13.9. The van der Waals surface area contributed by atoms with E-state index in [-0.39, 0.29) is 5.91 Å². The molecule has 5 nitrogen and oxygen atoms in total. The zero-order chi connectivity index (χ0) is 24.7. The fourth-order valence-electron chi connectivity index (χ4n) is 4.94. The number of hydrogen-bond donors (Lipinski definition) is 0. The molecule has 0 saturated carbocycles. The molecular weight excluding hydrogens is 536 g/mol. The number of hydrazone groups is 2. The normalized spacial score (nSPS) is 21.2. The number of amides is 1. The molecule has 0 aromatic heterocycles. The van der Waals surface area contributed by atoms with Crippen molar-refractivity contribution >= 4 is 55.1 Å². The Kier molecular flexibility index (Phi) is 5.70. The van der Waals surface area contributed by atoms with Gasteiger partial charge >= 0.3 is 0 Å². The van der Waals surface area contributed by atoms with Gasteiger partial charge in [0.15, 0.2) is 0 Å². The van der Waals surface area contributed by atoms with Gasteiger partial charge in [-0.3, -0.25) is 4.79 Å². The van der Waals surface area contributed by atoms with E-state index in [2.05, 4.69) is 15.9 Å². The van der Waals surface area contributed by atoms with Gasteiger partial charge in [-0.05, 0) is 57.9 Å². The summed E-state index contributed by atoms with van der Waals surface area (Å²) in [5.74, 6) is -0.648. The number of rotatable bonds is 4. The smallest absolute Gasteiger partial charge is 0.269 e. The van der Waals surface area contributed by atoms with Crippen molar-refractivity contribution < 1.29 is 4.79 Å². The molecule has 2 heterocycles. The molecule has 0 fully saturated rings. The van der Waals surface area contributed by atoms with Crippen LogP contribution in [0.5, 0.6) is 0 Å². The summed E-state index contributed by atoms with van der Waals surface area (Å²) in [6, 6.07) is 36.6. The van der Waals surface area contributed by atoms with Crippen LogP contribution < -0.4 is 10.0 Å². The van der Waals surface area contributed by atoms with E-state index in [1.165, 1.54) is 5.01 Å². The van der Waals surface area contributed by atoms with Gasteiger partial charge in [-0.15, -0.1) is 0 Å². The Labute approximate surface area is 222 Å². The summed E-state index contributed by atoms with van der Waals surface area (Å²) < 4.78 is 0.639. The van der Waals surface area contributed by atoms with E-state index in [4.69, 9.17) is 21.8 Å². The van der Waals surface area contributed by atoms with Crippen molar-refractivity contribution in [2.75, 3.05) is 10.0 Å². The summed E-state index contributed by atoms with van der Waals surface area (Å²) >= 11 is 9.97. The minimum atomic E-state index is -1.27. The van der Waals surface area contributed by atoms with E-state index in [0.717, 1.165) is 16.8 Å². The quantitative estimate of drug-likeness (QED) is 0.277. The minimum absolute atomic E-state index is 0.186. The highest BCUT2D eigenvalue weighted by Crippen LogP contribution is 2.50. The van der Waals surface area contributed by atoms with Crippen LogP contribution in [-0.2, 0) is 4.79 Å². The van der Waals surface area contributed by atoms with Crippen LogP contribution in [0.15, 0.2) is 125 Å². The fraction of sp³-hybridized carbons (Fsp3) is 0.0690. The van der Waals surface area contributed by atoms with E-state index in [1.807, 2.05) is 120 Å². The van der Waals surface area contributed by atoms with Gasteiger partial charge < -0.3 is 0 Å². The molecule has 2 unspecified atom stereocenters. The summed E-state index contributed by atoms with van der Waals surface area (Å²) in [6.45, 7) is 0. The Balaban J connectivity index is 1.65. The molecular formula is C29H20BrClN4O. The summed E-state index contributed by atoms with van der Waals surface area (Å²) in [6.07, 6.45) is 0. The molecule has 0 radical (unpaired) electrons. The fourth-order valence-corrected chi connectivity index (χ4v) is 5.83. The second kappa shape index (κ2) is 9.04. The molecule has 1 spiro atoms. The zero-order valence-corrected chi connectivity index (χ0v) is 21.3. The van der Waals surface area contributed by atoms with Crippen LogP contribution >= 0.6 is 27.5 Å². The average molecular weight is 556 g/mol. The SMILES string of the molecule is O=C1N(c2ccccc2)N=C(c2ccccc2)C12C(c1ccc(Cl)cc1)C(Br)=NN2c1ccccc1. The summed E-state index contributed by atoms with van der Waals surface area (Å²) in [4.78, 5) is 14.7. The molecule has 0 bridgehead atoms. The van der Waals surface area contributed by atoms with E-state index in [1.54, 1.807) is 0 Å². The Morgan fingerprint density at radius 3 is 1.89 bits per heavy atom. The van der Waals surface area contributed by atoms with Gasteiger partial charge in [-0.1, -0.05) is 90.5 Å². The number of carbonyl (C=O) groups is 1. The average Bonchev–Trinajstić information content (AvgIpc) is 3.40. The third-order valence-corrected chi connectivity index (χ3v) is 7.39. The molecule has 0 saturated heterocycles. The van der Waals surface area contributed by atoms with Crippen molar-refractivity contribution in [1.82, 2.24) is 0 Å². The molecule has 6 rings (SSSR count). The third kappa shape index (κ3) is 3.48. The summed E-state index contributed by atoms with van der Waals surface area (Å²) in [7, 11) is 0. The first kappa shape index (κ1) is 22.7. The highest BCUT2D eigenvalue weighted by Gasteiger charge is 2.65.